The molecule has 0 saturated heterocycles. The van der Waals surface area contributed by atoms with E-state index in [1.165, 1.54) is 6.92 Å². The van der Waals surface area contributed by atoms with Gasteiger partial charge in [0.25, 0.3) is 5.91 Å². The second kappa shape index (κ2) is 5.22. The molecule has 0 fully saturated rings. The molecule has 0 bridgehead atoms. The molecule has 1 aromatic rings. The number of nitrogens with one attached hydrogen (secondary N) is 2. The number of hydrogen-bond donors (Lipinski definition) is 3. The quantitative estimate of drug-likeness (QED) is 0.658. The van der Waals surface area contributed by atoms with Gasteiger partial charge in [-0.05, 0) is 24.4 Å². The van der Waals surface area contributed by atoms with Crippen molar-refractivity contribution in [1.29, 1.82) is 0 Å². The Morgan fingerprint density at radius 1 is 1.31 bits per heavy atom. The highest BCUT2D eigenvalue weighted by molar-refractivity contribution is 7.80. The van der Waals surface area contributed by atoms with Crippen LogP contribution >= 0.6 is 12.2 Å². The summed E-state index contributed by atoms with van der Waals surface area (Å²) in [5.41, 5.74) is 5.96. The van der Waals surface area contributed by atoms with Crippen molar-refractivity contribution < 1.29 is 9.59 Å². The Bertz CT molecular complexity index is 445. The van der Waals surface area contributed by atoms with E-state index in [0.717, 1.165) is 0 Å². The van der Waals surface area contributed by atoms with Crippen molar-refractivity contribution in [3.05, 3.63) is 29.8 Å². The highest BCUT2D eigenvalue weighted by atomic mass is 32.1. The van der Waals surface area contributed by atoms with E-state index in [2.05, 4.69) is 10.6 Å². The zero-order valence-electron chi connectivity index (χ0n) is 8.61. The summed E-state index contributed by atoms with van der Waals surface area (Å²) in [5.74, 6) is -0.845. The van der Waals surface area contributed by atoms with Crippen LogP contribution in [0.5, 0.6) is 0 Å². The van der Waals surface area contributed by atoms with Gasteiger partial charge in [0.1, 0.15) is 0 Å². The van der Waals surface area contributed by atoms with Gasteiger partial charge >= 0.3 is 0 Å². The van der Waals surface area contributed by atoms with E-state index in [1.54, 1.807) is 24.3 Å². The second-order valence-electron chi connectivity index (χ2n) is 3.05. The molecule has 5 nitrogen and oxygen atoms in total. The molecule has 16 heavy (non-hydrogen) atoms. The summed E-state index contributed by atoms with van der Waals surface area (Å²) in [6.07, 6.45) is 0. The van der Waals surface area contributed by atoms with Gasteiger partial charge in [0, 0.05) is 6.92 Å². The number of thiocarbonyl (C=S) groups is 1. The SMILES string of the molecule is CC(=O)NC(=S)Nc1ccccc1C(N)=O. The fourth-order valence-corrected chi connectivity index (χ4v) is 1.37. The highest BCUT2D eigenvalue weighted by Crippen LogP contribution is 2.13. The number of anilines is 1. The molecule has 0 aliphatic carbocycles. The number of nitrogens with two attached hydrogens (primary N) is 1. The zero-order chi connectivity index (χ0) is 12.1. The Morgan fingerprint density at radius 3 is 2.50 bits per heavy atom. The number of carbonyl (C=O) groups is 2. The number of hydrogen-bond acceptors (Lipinski definition) is 3. The molecule has 0 aromatic heterocycles. The predicted molar refractivity (Wildman–Crippen MR) is 65.0 cm³/mol. The molecule has 0 atom stereocenters. The first kappa shape index (κ1) is 12.1. The lowest BCUT2D eigenvalue weighted by atomic mass is 10.1. The standard InChI is InChI=1S/C10H11N3O2S/c1-6(14)12-10(16)13-8-5-3-2-4-7(8)9(11)15/h2-5H,1H3,(H2,11,15)(H2,12,13,14,16). The minimum Gasteiger partial charge on any atom is -0.366 e. The minimum atomic E-state index is -0.561. The second-order valence-corrected chi connectivity index (χ2v) is 3.45. The molecule has 0 radical (unpaired) electrons. The van der Waals surface area contributed by atoms with E-state index in [9.17, 15) is 9.59 Å². The number of carbonyl (C=O) groups excluding carboxylic acids is 2. The lowest BCUT2D eigenvalue weighted by molar-refractivity contribution is -0.117. The summed E-state index contributed by atoms with van der Waals surface area (Å²) in [6, 6.07) is 6.63. The van der Waals surface area contributed by atoms with Crippen LogP contribution in [0.4, 0.5) is 5.69 Å². The Kier molecular flexibility index (Phi) is 3.96. The third kappa shape index (κ3) is 3.32. The third-order valence-corrected chi connectivity index (χ3v) is 1.93. The van der Waals surface area contributed by atoms with Gasteiger partial charge in [0.2, 0.25) is 5.91 Å². The molecule has 0 aliphatic heterocycles. The first-order chi connectivity index (χ1) is 7.50. The molecular weight excluding hydrogens is 226 g/mol. The number of benzene rings is 1. The molecule has 0 spiro atoms. The normalized spacial score (nSPS) is 9.31. The van der Waals surface area contributed by atoms with Crippen LogP contribution in [0.1, 0.15) is 17.3 Å². The van der Waals surface area contributed by atoms with Gasteiger partial charge in [-0.25, -0.2) is 0 Å². The van der Waals surface area contributed by atoms with E-state index >= 15 is 0 Å². The summed E-state index contributed by atoms with van der Waals surface area (Å²) in [7, 11) is 0. The van der Waals surface area contributed by atoms with Crippen molar-refractivity contribution in [2.45, 2.75) is 6.92 Å². The van der Waals surface area contributed by atoms with Gasteiger partial charge < -0.3 is 16.4 Å². The van der Waals surface area contributed by atoms with Crippen molar-refractivity contribution >= 4 is 34.8 Å². The van der Waals surface area contributed by atoms with Crippen LogP contribution in [-0.2, 0) is 4.79 Å². The van der Waals surface area contributed by atoms with Gasteiger partial charge in [-0.15, -0.1) is 0 Å². The first-order valence-corrected chi connectivity index (χ1v) is 4.89. The minimum absolute atomic E-state index is 0.126. The average Bonchev–Trinajstić information content (AvgIpc) is 2.16. The van der Waals surface area contributed by atoms with Crippen LogP contribution in [0.15, 0.2) is 24.3 Å². The van der Waals surface area contributed by atoms with E-state index in [-0.39, 0.29) is 11.0 Å². The smallest absolute Gasteiger partial charge is 0.250 e. The lowest BCUT2D eigenvalue weighted by Crippen LogP contribution is -2.32. The maximum Gasteiger partial charge on any atom is 0.250 e. The number of rotatable bonds is 2. The highest BCUT2D eigenvalue weighted by Gasteiger charge is 2.08. The molecule has 0 heterocycles. The zero-order valence-corrected chi connectivity index (χ0v) is 9.43. The van der Waals surface area contributed by atoms with Crippen LogP contribution in [0, 0.1) is 0 Å². The molecule has 0 saturated carbocycles. The predicted octanol–water partition coefficient (Wildman–Crippen LogP) is 0.618. The molecule has 6 heteroatoms. The van der Waals surface area contributed by atoms with Crippen molar-refractivity contribution in [1.82, 2.24) is 5.32 Å². The maximum atomic E-state index is 11.1. The monoisotopic (exact) mass is 237 g/mol. The van der Waals surface area contributed by atoms with Gasteiger partial charge in [-0.1, -0.05) is 12.1 Å². The Morgan fingerprint density at radius 2 is 1.94 bits per heavy atom. The molecule has 4 N–H and O–H groups in total. The molecule has 2 amide bonds. The van der Waals surface area contributed by atoms with Crippen molar-refractivity contribution in [3.63, 3.8) is 0 Å². The summed E-state index contributed by atoms with van der Waals surface area (Å²) in [6.45, 7) is 1.34. The van der Waals surface area contributed by atoms with E-state index < -0.39 is 5.91 Å². The van der Waals surface area contributed by atoms with Crippen molar-refractivity contribution in [2.75, 3.05) is 5.32 Å². The van der Waals surface area contributed by atoms with E-state index in [4.69, 9.17) is 18.0 Å². The average molecular weight is 237 g/mol. The Hall–Kier alpha value is -1.95. The molecule has 0 unspecified atom stereocenters. The van der Waals surface area contributed by atoms with Gasteiger partial charge in [0.05, 0.1) is 11.3 Å². The molecule has 84 valence electrons. The Balaban J connectivity index is 2.84. The first-order valence-electron chi connectivity index (χ1n) is 4.48. The van der Waals surface area contributed by atoms with Crippen LogP contribution in [0.25, 0.3) is 0 Å². The fourth-order valence-electron chi connectivity index (χ4n) is 1.12. The van der Waals surface area contributed by atoms with Crippen LogP contribution in [0.3, 0.4) is 0 Å². The summed E-state index contributed by atoms with van der Waals surface area (Å²) in [5, 5.41) is 5.23. The molecule has 0 aliphatic rings. The molecule has 1 aromatic carbocycles. The molecule has 1 rings (SSSR count). The van der Waals surface area contributed by atoms with E-state index in [1.807, 2.05) is 0 Å². The van der Waals surface area contributed by atoms with Gasteiger partial charge in [-0.2, -0.15) is 0 Å². The Labute approximate surface area is 98.0 Å². The van der Waals surface area contributed by atoms with Crippen LogP contribution < -0.4 is 16.4 Å². The molecular formula is C10H11N3O2S. The third-order valence-electron chi connectivity index (χ3n) is 1.73. The van der Waals surface area contributed by atoms with E-state index in [0.29, 0.717) is 11.3 Å². The van der Waals surface area contributed by atoms with Crippen LogP contribution in [0.2, 0.25) is 0 Å². The summed E-state index contributed by atoms with van der Waals surface area (Å²) in [4.78, 5) is 21.8. The number of amides is 2. The fraction of sp³-hybridized carbons (Fsp3) is 0.100. The van der Waals surface area contributed by atoms with Gasteiger partial charge in [-0.3, -0.25) is 9.59 Å². The summed E-state index contributed by atoms with van der Waals surface area (Å²) >= 11 is 4.86. The largest absolute Gasteiger partial charge is 0.366 e. The van der Waals surface area contributed by atoms with Crippen LogP contribution in [-0.4, -0.2) is 16.9 Å². The summed E-state index contributed by atoms with van der Waals surface area (Å²) < 4.78 is 0. The topological polar surface area (TPSA) is 84.2 Å². The van der Waals surface area contributed by atoms with Crippen molar-refractivity contribution in [3.8, 4) is 0 Å². The number of para-hydroxylation sites is 1. The lowest BCUT2D eigenvalue weighted by Gasteiger charge is -2.10. The maximum absolute atomic E-state index is 11.1. The van der Waals surface area contributed by atoms with Crippen molar-refractivity contribution in [2.24, 2.45) is 5.73 Å². The van der Waals surface area contributed by atoms with Gasteiger partial charge in [0.15, 0.2) is 5.11 Å². The number of primary amides is 1.